The van der Waals surface area contributed by atoms with Crippen LogP contribution in [0.1, 0.15) is 32.7 Å². The number of hydrogen-bond donors (Lipinski definition) is 1. The Morgan fingerprint density at radius 1 is 1.12 bits per heavy atom. The summed E-state index contributed by atoms with van der Waals surface area (Å²) in [5.74, 6) is -1.08. The zero-order valence-corrected chi connectivity index (χ0v) is 13.4. The molecule has 5 heteroatoms. The third-order valence-electron chi connectivity index (χ3n) is 3.79. The lowest BCUT2D eigenvalue weighted by molar-refractivity contribution is 0.0696. The van der Waals surface area contributed by atoms with Gasteiger partial charge in [0.05, 0.1) is 11.3 Å². The standard InChI is InChI=1S/C19H16N2O3/c1-12-3-4-14(13(2)9-12)5-7-16-10-18(22)21-11-15(19(23)24)6-8-17(21)20-16/h3-11H,1-2H3,(H,23,24)/b7-5+. The number of fused-ring (bicyclic) bond motifs is 1. The number of nitrogens with zero attached hydrogens (tertiary/aromatic N) is 2. The lowest BCUT2D eigenvalue weighted by Gasteiger charge is -2.04. The van der Waals surface area contributed by atoms with E-state index in [1.807, 2.05) is 32.1 Å². The Bertz CT molecular complexity index is 1030. The Balaban J connectivity index is 2.01. The molecular weight excluding hydrogens is 304 g/mol. The maximum Gasteiger partial charge on any atom is 0.337 e. The molecule has 0 atom stereocenters. The first-order chi connectivity index (χ1) is 11.4. The molecule has 0 spiro atoms. The zero-order chi connectivity index (χ0) is 17.3. The van der Waals surface area contributed by atoms with Crippen LogP contribution in [0.25, 0.3) is 17.8 Å². The quantitative estimate of drug-likeness (QED) is 0.804. The number of pyridine rings is 1. The van der Waals surface area contributed by atoms with Crippen molar-refractivity contribution in [1.82, 2.24) is 9.38 Å². The van der Waals surface area contributed by atoms with E-state index in [1.165, 1.54) is 34.4 Å². The first-order valence-corrected chi connectivity index (χ1v) is 7.46. The van der Waals surface area contributed by atoms with Crippen molar-refractivity contribution in [3.05, 3.63) is 80.9 Å². The summed E-state index contributed by atoms with van der Waals surface area (Å²) in [5, 5.41) is 9.00. The number of aromatic nitrogens is 2. The van der Waals surface area contributed by atoms with Gasteiger partial charge in [-0.3, -0.25) is 9.20 Å². The van der Waals surface area contributed by atoms with Crippen molar-refractivity contribution in [3.63, 3.8) is 0 Å². The van der Waals surface area contributed by atoms with Crippen molar-refractivity contribution < 1.29 is 9.90 Å². The molecule has 1 N–H and O–H groups in total. The third kappa shape index (κ3) is 3.10. The summed E-state index contributed by atoms with van der Waals surface area (Å²) in [6.07, 6.45) is 4.98. The van der Waals surface area contributed by atoms with Gasteiger partial charge in [0.25, 0.3) is 5.56 Å². The van der Waals surface area contributed by atoms with Crippen LogP contribution in [0.4, 0.5) is 0 Å². The number of aryl methyl sites for hydroxylation is 2. The SMILES string of the molecule is Cc1ccc(/C=C/c2cc(=O)n3cc(C(=O)O)ccc3n2)c(C)c1. The van der Waals surface area contributed by atoms with Crippen LogP contribution >= 0.6 is 0 Å². The average Bonchev–Trinajstić information content (AvgIpc) is 2.53. The largest absolute Gasteiger partial charge is 0.478 e. The highest BCUT2D eigenvalue weighted by atomic mass is 16.4. The Kier molecular flexibility index (Phi) is 4.00. The van der Waals surface area contributed by atoms with E-state index < -0.39 is 5.97 Å². The molecule has 0 bridgehead atoms. The molecule has 2 aromatic heterocycles. The molecule has 0 saturated heterocycles. The highest BCUT2D eigenvalue weighted by molar-refractivity contribution is 5.87. The van der Waals surface area contributed by atoms with E-state index in [-0.39, 0.29) is 11.1 Å². The molecule has 3 aromatic rings. The fraction of sp³-hybridized carbons (Fsp3) is 0.105. The third-order valence-corrected chi connectivity index (χ3v) is 3.79. The summed E-state index contributed by atoms with van der Waals surface area (Å²) in [6.45, 7) is 4.07. The number of hydrogen-bond acceptors (Lipinski definition) is 3. The number of carbonyl (C=O) groups is 1. The first-order valence-electron chi connectivity index (χ1n) is 7.46. The molecule has 120 valence electrons. The van der Waals surface area contributed by atoms with Gasteiger partial charge in [-0.15, -0.1) is 0 Å². The molecule has 0 aliphatic rings. The van der Waals surface area contributed by atoms with E-state index in [2.05, 4.69) is 11.1 Å². The average molecular weight is 320 g/mol. The Labute approximate surface area is 138 Å². The van der Waals surface area contributed by atoms with E-state index in [0.717, 1.165) is 11.1 Å². The van der Waals surface area contributed by atoms with Crippen molar-refractivity contribution in [1.29, 1.82) is 0 Å². The summed E-state index contributed by atoms with van der Waals surface area (Å²) < 4.78 is 1.23. The molecule has 0 amide bonds. The van der Waals surface area contributed by atoms with Gasteiger partial charge in [-0.1, -0.05) is 29.8 Å². The van der Waals surface area contributed by atoms with Crippen LogP contribution in [0.5, 0.6) is 0 Å². The monoisotopic (exact) mass is 320 g/mol. The van der Waals surface area contributed by atoms with Gasteiger partial charge in [-0.25, -0.2) is 9.78 Å². The van der Waals surface area contributed by atoms with Gasteiger partial charge in [0.1, 0.15) is 5.65 Å². The number of benzene rings is 1. The van der Waals surface area contributed by atoms with Gasteiger partial charge in [-0.05, 0) is 43.2 Å². The first kappa shape index (κ1) is 15.7. The molecule has 0 unspecified atom stereocenters. The van der Waals surface area contributed by atoms with Crippen LogP contribution in [0.2, 0.25) is 0 Å². The topological polar surface area (TPSA) is 71.7 Å². The molecule has 24 heavy (non-hydrogen) atoms. The van der Waals surface area contributed by atoms with E-state index in [0.29, 0.717) is 11.3 Å². The van der Waals surface area contributed by atoms with Crippen LogP contribution in [0.3, 0.4) is 0 Å². The van der Waals surface area contributed by atoms with Crippen molar-refractivity contribution in [2.75, 3.05) is 0 Å². The normalized spacial score (nSPS) is 11.2. The summed E-state index contributed by atoms with van der Waals surface area (Å²) >= 11 is 0. The fourth-order valence-electron chi connectivity index (χ4n) is 2.52. The fourth-order valence-corrected chi connectivity index (χ4v) is 2.52. The van der Waals surface area contributed by atoms with Gasteiger partial charge in [0.2, 0.25) is 0 Å². The maximum absolute atomic E-state index is 12.2. The molecule has 5 nitrogen and oxygen atoms in total. The van der Waals surface area contributed by atoms with E-state index in [4.69, 9.17) is 5.11 Å². The number of carboxylic acids is 1. The minimum atomic E-state index is -1.08. The number of carboxylic acid groups (broad SMARTS) is 1. The molecular formula is C19H16N2O3. The maximum atomic E-state index is 12.2. The van der Waals surface area contributed by atoms with Crippen molar-refractivity contribution in [3.8, 4) is 0 Å². The molecule has 0 saturated carbocycles. The lowest BCUT2D eigenvalue weighted by Crippen LogP contribution is -2.15. The Hall–Kier alpha value is -3.21. The molecule has 3 rings (SSSR count). The zero-order valence-electron chi connectivity index (χ0n) is 13.4. The summed E-state index contributed by atoms with van der Waals surface area (Å²) in [5.41, 5.74) is 4.07. The molecule has 2 heterocycles. The molecule has 0 aliphatic heterocycles. The Morgan fingerprint density at radius 3 is 2.62 bits per heavy atom. The highest BCUT2D eigenvalue weighted by Crippen LogP contribution is 2.14. The number of rotatable bonds is 3. The Morgan fingerprint density at radius 2 is 1.92 bits per heavy atom. The van der Waals surface area contributed by atoms with Gasteiger partial charge in [-0.2, -0.15) is 0 Å². The predicted molar refractivity (Wildman–Crippen MR) is 93.3 cm³/mol. The van der Waals surface area contributed by atoms with E-state index >= 15 is 0 Å². The highest BCUT2D eigenvalue weighted by Gasteiger charge is 2.06. The second kappa shape index (κ2) is 6.12. The molecule has 0 fully saturated rings. The van der Waals surface area contributed by atoms with Gasteiger partial charge in [0, 0.05) is 12.3 Å². The second-order valence-corrected chi connectivity index (χ2v) is 5.66. The second-order valence-electron chi connectivity index (χ2n) is 5.66. The van der Waals surface area contributed by atoms with Crippen molar-refractivity contribution >= 4 is 23.8 Å². The smallest absolute Gasteiger partial charge is 0.337 e. The van der Waals surface area contributed by atoms with Crippen LogP contribution in [-0.4, -0.2) is 20.5 Å². The minimum absolute atomic E-state index is 0.0463. The summed E-state index contributed by atoms with van der Waals surface area (Å²) in [4.78, 5) is 27.6. The van der Waals surface area contributed by atoms with Crippen molar-refractivity contribution in [2.45, 2.75) is 13.8 Å². The summed E-state index contributed by atoms with van der Waals surface area (Å²) in [6, 6.07) is 10.5. The molecule has 1 aromatic carbocycles. The van der Waals surface area contributed by atoms with Crippen LogP contribution < -0.4 is 5.56 Å². The summed E-state index contributed by atoms with van der Waals surface area (Å²) in [7, 11) is 0. The van der Waals surface area contributed by atoms with E-state index in [1.54, 1.807) is 6.08 Å². The van der Waals surface area contributed by atoms with Crippen LogP contribution in [0, 0.1) is 13.8 Å². The minimum Gasteiger partial charge on any atom is -0.478 e. The molecule has 0 aliphatic carbocycles. The van der Waals surface area contributed by atoms with Gasteiger partial charge in [0.15, 0.2) is 0 Å². The number of aromatic carboxylic acids is 1. The molecule has 0 radical (unpaired) electrons. The van der Waals surface area contributed by atoms with Gasteiger partial charge >= 0.3 is 5.97 Å². The van der Waals surface area contributed by atoms with Crippen LogP contribution in [0.15, 0.2) is 47.4 Å². The lowest BCUT2D eigenvalue weighted by atomic mass is 10.1. The van der Waals surface area contributed by atoms with E-state index in [9.17, 15) is 9.59 Å². The van der Waals surface area contributed by atoms with Crippen LogP contribution in [-0.2, 0) is 0 Å². The van der Waals surface area contributed by atoms with Gasteiger partial charge < -0.3 is 5.11 Å². The predicted octanol–water partition coefficient (Wildman–Crippen LogP) is 3.18. The van der Waals surface area contributed by atoms with Crippen molar-refractivity contribution in [2.24, 2.45) is 0 Å².